The Hall–Kier alpha value is -2.77. The van der Waals surface area contributed by atoms with E-state index in [1.807, 2.05) is 42.6 Å². The van der Waals surface area contributed by atoms with Gasteiger partial charge in [0.25, 0.3) is 11.8 Å². The van der Waals surface area contributed by atoms with Gasteiger partial charge in [0.05, 0.1) is 21.6 Å². The Labute approximate surface area is 201 Å². The van der Waals surface area contributed by atoms with Crippen LogP contribution in [0.25, 0.3) is 0 Å². The lowest BCUT2D eigenvalue weighted by molar-refractivity contribution is 0.0708. The molecule has 0 saturated carbocycles. The summed E-state index contributed by atoms with van der Waals surface area (Å²) in [4.78, 5) is 33.7. The Morgan fingerprint density at radius 1 is 1.15 bits per heavy atom. The maximum atomic E-state index is 14.1. The smallest absolute Gasteiger partial charge is 0.273 e. The standard InChI is InChI=1S/C25H25ClFN3O2S/c1-16(17-7-4-3-5-8-17)29(2)24(31)21-15-33-23(28-21)18-11-13-30(14-12-18)25(32)22-19(26)9-6-10-20(22)27/h3-10,15-16,18H,11-14H2,1-2H3. The molecule has 2 aromatic carbocycles. The van der Waals surface area contributed by atoms with E-state index < -0.39 is 5.82 Å². The van der Waals surface area contributed by atoms with Crippen LogP contribution in [0, 0.1) is 5.82 Å². The van der Waals surface area contributed by atoms with Crippen LogP contribution < -0.4 is 0 Å². The minimum absolute atomic E-state index is 0.0664. The number of likely N-dealkylation sites (tertiary alicyclic amines) is 1. The lowest BCUT2D eigenvalue weighted by Gasteiger charge is -2.31. The van der Waals surface area contributed by atoms with Gasteiger partial charge in [-0.15, -0.1) is 11.3 Å². The van der Waals surface area contributed by atoms with Crippen molar-refractivity contribution in [3.8, 4) is 0 Å². The van der Waals surface area contributed by atoms with Crippen molar-refractivity contribution >= 4 is 34.8 Å². The molecule has 5 nitrogen and oxygen atoms in total. The van der Waals surface area contributed by atoms with Crippen molar-refractivity contribution in [3.05, 3.63) is 86.6 Å². The summed E-state index contributed by atoms with van der Waals surface area (Å²) < 4.78 is 14.1. The van der Waals surface area contributed by atoms with Crippen molar-refractivity contribution in [2.75, 3.05) is 20.1 Å². The highest BCUT2D eigenvalue weighted by Crippen LogP contribution is 2.32. The summed E-state index contributed by atoms with van der Waals surface area (Å²) in [6.45, 7) is 2.97. The molecular weight excluding hydrogens is 461 g/mol. The van der Waals surface area contributed by atoms with Crippen LogP contribution in [0.5, 0.6) is 0 Å². The second-order valence-corrected chi connectivity index (χ2v) is 9.53. The lowest BCUT2D eigenvalue weighted by atomic mass is 9.97. The third-order valence-corrected chi connectivity index (χ3v) is 7.55. The first-order chi connectivity index (χ1) is 15.9. The number of thiazole rings is 1. The summed E-state index contributed by atoms with van der Waals surface area (Å²) in [7, 11) is 1.79. The molecule has 3 aromatic rings. The quantitative estimate of drug-likeness (QED) is 0.459. The number of hydrogen-bond donors (Lipinski definition) is 0. The van der Waals surface area contributed by atoms with E-state index in [-0.39, 0.29) is 34.4 Å². The van der Waals surface area contributed by atoms with E-state index in [0.29, 0.717) is 31.6 Å². The number of rotatable bonds is 5. The van der Waals surface area contributed by atoms with Gasteiger partial charge in [-0.2, -0.15) is 0 Å². The molecule has 1 atom stereocenters. The monoisotopic (exact) mass is 485 g/mol. The zero-order valence-corrected chi connectivity index (χ0v) is 20.1. The van der Waals surface area contributed by atoms with E-state index in [0.717, 1.165) is 10.6 Å². The summed E-state index contributed by atoms with van der Waals surface area (Å²) in [5, 5.41) is 2.83. The molecule has 1 aliphatic rings. The Kier molecular flexibility index (Phi) is 7.10. The molecule has 2 amide bonds. The highest BCUT2D eigenvalue weighted by Gasteiger charge is 2.29. The van der Waals surface area contributed by atoms with Gasteiger partial charge in [-0.05, 0) is 37.5 Å². The molecule has 0 aliphatic carbocycles. The molecular formula is C25H25ClFN3O2S. The van der Waals surface area contributed by atoms with E-state index in [1.165, 1.54) is 29.5 Å². The maximum absolute atomic E-state index is 14.1. The fourth-order valence-corrected chi connectivity index (χ4v) is 5.28. The van der Waals surface area contributed by atoms with Crippen molar-refractivity contribution in [1.82, 2.24) is 14.8 Å². The predicted molar refractivity (Wildman–Crippen MR) is 128 cm³/mol. The van der Waals surface area contributed by atoms with Gasteiger partial charge in [-0.25, -0.2) is 9.37 Å². The first-order valence-corrected chi connectivity index (χ1v) is 12.1. The highest BCUT2D eigenvalue weighted by atomic mass is 35.5. The topological polar surface area (TPSA) is 53.5 Å². The van der Waals surface area contributed by atoms with Crippen LogP contribution >= 0.6 is 22.9 Å². The molecule has 0 N–H and O–H groups in total. The Morgan fingerprint density at radius 2 is 1.85 bits per heavy atom. The van der Waals surface area contributed by atoms with Crippen LogP contribution in [0.3, 0.4) is 0 Å². The number of hydrogen-bond acceptors (Lipinski definition) is 4. The van der Waals surface area contributed by atoms with Gasteiger partial charge >= 0.3 is 0 Å². The molecule has 0 radical (unpaired) electrons. The molecule has 1 saturated heterocycles. The summed E-state index contributed by atoms with van der Waals surface area (Å²) in [6.07, 6.45) is 1.41. The summed E-state index contributed by atoms with van der Waals surface area (Å²) in [5.41, 5.74) is 1.43. The number of aromatic nitrogens is 1. The van der Waals surface area contributed by atoms with Crippen molar-refractivity contribution in [1.29, 1.82) is 0 Å². The van der Waals surface area contributed by atoms with E-state index in [9.17, 15) is 14.0 Å². The minimum Gasteiger partial charge on any atom is -0.338 e. The molecule has 0 spiro atoms. The first kappa shape index (κ1) is 23.4. The van der Waals surface area contributed by atoms with Crippen LogP contribution in [0.15, 0.2) is 53.9 Å². The van der Waals surface area contributed by atoms with Crippen molar-refractivity contribution in [2.45, 2.75) is 31.7 Å². The van der Waals surface area contributed by atoms with Gasteiger partial charge in [0, 0.05) is 31.4 Å². The number of carbonyl (C=O) groups is 2. The number of nitrogens with zero attached hydrogens (tertiary/aromatic N) is 3. The zero-order valence-electron chi connectivity index (χ0n) is 18.5. The summed E-state index contributed by atoms with van der Waals surface area (Å²) in [6, 6.07) is 14.1. The largest absolute Gasteiger partial charge is 0.338 e. The average Bonchev–Trinajstić information content (AvgIpc) is 3.33. The number of carbonyl (C=O) groups excluding carboxylic acids is 2. The fourth-order valence-electron chi connectivity index (χ4n) is 4.07. The molecule has 1 fully saturated rings. The first-order valence-electron chi connectivity index (χ1n) is 10.9. The van der Waals surface area contributed by atoms with E-state index >= 15 is 0 Å². The normalized spacial score (nSPS) is 15.3. The number of piperidine rings is 1. The molecule has 0 bridgehead atoms. The van der Waals surface area contributed by atoms with Crippen LogP contribution in [0.4, 0.5) is 4.39 Å². The van der Waals surface area contributed by atoms with Gasteiger partial charge < -0.3 is 9.80 Å². The van der Waals surface area contributed by atoms with E-state index in [2.05, 4.69) is 4.98 Å². The molecule has 1 aliphatic heterocycles. The third kappa shape index (κ3) is 4.94. The van der Waals surface area contributed by atoms with Crippen molar-refractivity contribution < 1.29 is 14.0 Å². The second-order valence-electron chi connectivity index (χ2n) is 8.24. The fraction of sp³-hybridized carbons (Fsp3) is 0.320. The summed E-state index contributed by atoms with van der Waals surface area (Å²) >= 11 is 7.53. The van der Waals surface area contributed by atoms with Crippen molar-refractivity contribution in [3.63, 3.8) is 0 Å². The van der Waals surface area contributed by atoms with Crippen LogP contribution in [-0.4, -0.2) is 46.7 Å². The van der Waals surface area contributed by atoms with Gasteiger partial charge in [0.1, 0.15) is 11.5 Å². The SMILES string of the molecule is CC(c1ccccc1)N(C)C(=O)c1csc(C2CCN(C(=O)c3c(F)cccc3Cl)CC2)n1. The van der Waals surface area contributed by atoms with Crippen LogP contribution in [0.2, 0.25) is 5.02 Å². The zero-order chi connectivity index (χ0) is 23.5. The van der Waals surface area contributed by atoms with Crippen molar-refractivity contribution in [2.24, 2.45) is 0 Å². The molecule has 4 rings (SSSR count). The molecule has 172 valence electrons. The van der Waals surface area contributed by atoms with Gasteiger partial charge in [0.15, 0.2) is 0 Å². The second kappa shape index (κ2) is 10.0. The lowest BCUT2D eigenvalue weighted by Crippen LogP contribution is -2.38. The van der Waals surface area contributed by atoms with Crippen LogP contribution in [-0.2, 0) is 0 Å². The predicted octanol–water partition coefficient (Wildman–Crippen LogP) is 5.79. The maximum Gasteiger partial charge on any atom is 0.273 e. The number of amides is 2. The number of benzene rings is 2. The van der Waals surface area contributed by atoms with E-state index in [1.54, 1.807) is 16.8 Å². The van der Waals surface area contributed by atoms with E-state index in [4.69, 9.17) is 11.6 Å². The van der Waals surface area contributed by atoms with Crippen LogP contribution in [0.1, 0.15) is 63.1 Å². The Morgan fingerprint density at radius 3 is 2.52 bits per heavy atom. The minimum atomic E-state index is -0.605. The average molecular weight is 486 g/mol. The molecule has 8 heteroatoms. The Balaban J connectivity index is 1.39. The molecule has 1 unspecified atom stereocenters. The highest BCUT2D eigenvalue weighted by molar-refractivity contribution is 7.09. The molecule has 33 heavy (non-hydrogen) atoms. The third-order valence-electron chi connectivity index (χ3n) is 6.23. The Bertz CT molecular complexity index is 1130. The number of halogens is 2. The summed E-state index contributed by atoms with van der Waals surface area (Å²) in [5.74, 6) is -0.946. The molecule has 1 aromatic heterocycles. The van der Waals surface area contributed by atoms with Gasteiger partial charge in [-0.3, -0.25) is 9.59 Å². The van der Waals surface area contributed by atoms with Gasteiger partial charge in [0.2, 0.25) is 0 Å². The molecule has 2 heterocycles. The van der Waals surface area contributed by atoms with Gasteiger partial charge in [-0.1, -0.05) is 48.0 Å².